The fraction of sp³-hybridized carbons (Fsp3) is 0.500. The molecule has 2 fully saturated rings. The lowest BCUT2D eigenvalue weighted by Crippen LogP contribution is -2.46. The number of hydrogen-bond donors (Lipinski definition) is 2. The van der Waals surface area contributed by atoms with Gasteiger partial charge in [-0.05, 0) is 51.3 Å². The van der Waals surface area contributed by atoms with Gasteiger partial charge in [-0.25, -0.2) is 17.8 Å². The molecule has 0 aliphatic carbocycles. The van der Waals surface area contributed by atoms with E-state index in [-0.39, 0.29) is 15.7 Å². The summed E-state index contributed by atoms with van der Waals surface area (Å²) in [4.78, 5) is 5.90. The molecule has 1 aromatic carbocycles. The molecule has 2 aromatic rings. The lowest BCUT2D eigenvalue weighted by atomic mass is 9.94. The second-order valence-corrected chi connectivity index (χ2v) is 10.4. The summed E-state index contributed by atoms with van der Waals surface area (Å²) in [5.41, 5.74) is 0.490. The van der Waals surface area contributed by atoms with Gasteiger partial charge in [0, 0.05) is 29.7 Å². The highest BCUT2D eigenvalue weighted by Crippen LogP contribution is 2.42. The second kappa shape index (κ2) is 7.44. The Morgan fingerprint density at radius 1 is 1.43 bits per heavy atom. The summed E-state index contributed by atoms with van der Waals surface area (Å²) in [7, 11) is -4.10. The molecule has 4 rings (SSSR count). The molecule has 152 valence electrons. The van der Waals surface area contributed by atoms with E-state index in [1.54, 1.807) is 5.38 Å². The molecule has 0 saturated carbocycles. The van der Waals surface area contributed by atoms with Crippen molar-refractivity contribution < 1.29 is 12.8 Å². The van der Waals surface area contributed by atoms with E-state index in [0.29, 0.717) is 18.3 Å². The van der Waals surface area contributed by atoms with Crippen LogP contribution in [0, 0.1) is 5.82 Å². The first kappa shape index (κ1) is 19.9. The molecule has 0 spiro atoms. The average molecular weight is 445 g/mol. The van der Waals surface area contributed by atoms with Gasteiger partial charge in [0.15, 0.2) is 5.13 Å². The maximum Gasteiger partial charge on any atom is 0.266 e. The standard InChI is InChI=1S/C18H22ClFN4O2S2/c1-12-3-5-18(4-2-7-24(12)18)11-22-15-10-14(20)16(9-13(15)19)28(25,26)23-17-21-6-8-27-17/h6,8-10,12,22H,2-5,7,11H2,1H3,(H,21,23)/t12-,18-/m0/s1. The monoisotopic (exact) mass is 444 g/mol. The van der Waals surface area contributed by atoms with Gasteiger partial charge in [0.2, 0.25) is 0 Å². The van der Waals surface area contributed by atoms with E-state index >= 15 is 0 Å². The molecular weight excluding hydrogens is 423 g/mol. The first-order chi connectivity index (χ1) is 13.3. The molecule has 10 heteroatoms. The highest BCUT2D eigenvalue weighted by molar-refractivity contribution is 7.93. The van der Waals surface area contributed by atoms with Crippen LogP contribution in [-0.4, -0.2) is 43.0 Å². The van der Waals surface area contributed by atoms with E-state index in [4.69, 9.17) is 11.6 Å². The van der Waals surface area contributed by atoms with E-state index in [9.17, 15) is 12.8 Å². The van der Waals surface area contributed by atoms with Crippen molar-refractivity contribution in [3.63, 3.8) is 0 Å². The molecule has 0 radical (unpaired) electrons. The van der Waals surface area contributed by atoms with Gasteiger partial charge in [-0.2, -0.15) is 0 Å². The zero-order chi connectivity index (χ0) is 19.9. The van der Waals surface area contributed by atoms with Crippen LogP contribution in [-0.2, 0) is 10.0 Å². The van der Waals surface area contributed by atoms with Gasteiger partial charge in [-0.15, -0.1) is 11.3 Å². The smallest absolute Gasteiger partial charge is 0.266 e. The van der Waals surface area contributed by atoms with Gasteiger partial charge >= 0.3 is 0 Å². The van der Waals surface area contributed by atoms with Crippen LogP contribution < -0.4 is 10.0 Å². The SMILES string of the molecule is C[C@H]1CC[C@]2(CNc3cc(F)c(S(=O)(=O)Nc4nccs4)cc3Cl)CCCN12. The Bertz CT molecular complexity index is 970. The fourth-order valence-corrected chi connectivity index (χ4v) is 6.57. The van der Waals surface area contributed by atoms with Crippen LogP contribution in [0.5, 0.6) is 0 Å². The topological polar surface area (TPSA) is 74.3 Å². The Balaban J connectivity index is 1.53. The van der Waals surface area contributed by atoms with Crippen LogP contribution in [0.1, 0.15) is 32.6 Å². The first-order valence-electron chi connectivity index (χ1n) is 9.23. The van der Waals surface area contributed by atoms with E-state index in [2.05, 4.69) is 26.8 Å². The molecule has 3 heterocycles. The van der Waals surface area contributed by atoms with Crippen molar-refractivity contribution in [1.29, 1.82) is 0 Å². The van der Waals surface area contributed by atoms with E-state index < -0.39 is 20.7 Å². The van der Waals surface area contributed by atoms with Crippen LogP contribution in [0.3, 0.4) is 0 Å². The molecule has 2 saturated heterocycles. The van der Waals surface area contributed by atoms with Crippen LogP contribution in [0.2, 0.25) is 5.02 Å². The van der Waals surface area contributed by atoms with Crippen molar-refractivity contribution in [3.05, 3.63) is 34.5 Å². The fourth-order valence-electron chi connectivity index (χ4n) is 4.40. The summed E-state index contributed by atoms with van der Waals surface area (Å²) < 4.78 is 41.8. The van der Waals surface area contributed by atoms with Gasteiger partial charge in [-0.3, -0.25) is 9.62 Å². The van der Waals surface area contributed by atoms with E-state index in [0.717, 1.165) is 55.7 Å². The third-order valence-corrected chi connectivity index (χ3v) is 8.27. The van der Waals surface area contributed by atoms with E-state index in [1.165, 1.54) is 6.20 Å². The summed E-state index contributed by atoms with van der Waals surface area (Å²) in [5, 5.41) is 5.24. The molecule has 1 aromatic heterocycles. The minimum Gasteiger partial charge on any atom is -0.382 e. The molecule has 2 aliphatic rings. The molecule has 6 nitrogen and oxygen atoms in total. The molecule has 0 bridgehead atoms. The summed E-state index contributed by atoms with van der Waals surface area (Å²) in [5.74, 6) is -0.850. The van der Waals surface area contributed by atoms with Gasteiger partial charge in [0.05, 0.1) is 10.7 Å². The zero-order valence-electron chi connectivity index (χ0n) is 15.4. The van der Waals surface area contributed by atoms with Gasteiger partial charge in [0.25, 0.3) is 10.0 Å². The Morgan fingerprint density at radius 3 is 3.00 bits per heavy atom. The van der Waals surface area contributed by atoms with Crippen LogP contribution in [0.25, 0.3) is 0 Å². The molecule has 2 aliphatic heterocycles. The summed E-state index contributed by atoms with van der Waals surface area (Å²) in [6, 6.07) is 2.87. The lowest BCUT2D eigenvalue weighted by Gasteiger charge is -2.34. The Morgan fingerprint density at radius 2 is 2.25 bits per heavy atom. The molecule has 0 amide bonds. The highest BCUT2D eigenvalue weighted by atomic mass is 35.5. The molecular formula is C18H22ClFN4O2S2. The lowest BCUT2D eigenvalue weighted by molar-refractivity contribution is 0.170. The molecule has 2 atom stereocenters. The van der Waals surface area contributed by atoms with Crippen molar-refractivity contribution in [3.8, 4) is 0 Å². The van der Waals surface area contributed by atoms with Crippen molar-refractivity contribution >= 4 is 43.8 Å². The maximum absolute atomic E-state index is 14.6. The number of rotatable bonds is 6. The van der Waals surface area contributed by atoms with Gasteiger partial charge in [-0.1, -0.05) is 11.6 Å². The van der Waals surface area contributed by atoms with Gasteiger partial charge in [0.1, 0.15) is 10.7 Å². The number of benzene rings is 1. The normalized spacial score (nSPS) is 25.0. The number of anilines is 2. The minimum absolute atomic E-state index is 0.0797. The number of thiazole rings is 1. The van der Waals surface area contributed by atoms with Crippen molar-refractivity contribution in [2.45, 2.75) is 49.1 Å². The predicted octanol–water partition coefficient (Wildman–Crippen LogP) is 4.17. The minimum atomic E-state index is -4.10. The molecule has 28 heavy (non-hydrogen) atoms. The highest BCUT2D eigenvalue weighted by Gasteiger charge is 2.47. The van der Waals surface area contributed by atoms with Crippen molar-refractivity contribution in [2.24, 2.45) is 0 Å². The Kier molecular flexibility index (Phi) is 5.28. The quantitative estimate of drug-likeness (QED) is 0.699. The molecule has 2 N–H and O–H groups in total. The van der Waals surface area contributed by atoms with Crippen molar-refractivity contribution in [2.75, 3.05) is 23.1 Å². The third kappa shape index (κ3) is 3.60. The number of sulfonamides is 1. The number of halogens is 2. The number of hydrogen-bond acceptors (Lipinski definition) is 6. The summed E-state index contributed by atoms with van der Waals surface area (Å²) in [6.07, 6.45) is 5.99. The largest absolute Gasteiger partial charge is 0.382 e. The zero-order valence-corrected chi connectivity index (χ0v) is 17.8. The summed E-state index contributed by atoms with van der Waals surface area (Å²) >= 11 is 7.41. The van der Waals surface area contributed by atoms with Crippen LogP contribution >= 0.6 is 22.9 Å². The van der Waals surface area contributed by atoms with E-state index in [1.807, 2.05) is 0 Å². The van der Waals surface area contributed by atoms with Crippen LogP contribution in [0.4, 0.5) is 15.2 Å². The maximum atomic E-state index is 14.6. The van der Waals surface area contributed by atoms with Crippen molar-refractivity contribution in [1.82, 2.24) is 9.88 Å². The second-order valence-electron chi connectivity index (χ2n) is 7.47. The number of aromatic nitrogens is 1. The number of nitrogens with zero attached hydrogens (tertiary/aromatic N) is 2. The predicted molar refractivity (Wildman–Crippen MR) is 110 cm³/mol. The number of nitrogens with one attached hydrogen (secondary N) is 2. The Hall–Kier alpha value is -1.42. The molecule has 0 unspecified atom stereocenters. The Labute approximate surface area is 173 Å². The van der Waals surface area contributed by atoms with Gasteiger partial charge < -0.3 is 5.32 Å². The summed E-state index contributed by atoms with van der Waals surface area (Å²) in [6.45, 7) is 4.00. The average Bonchev–Trinajstić information content (AvgIpc) is 3.35. The first-order valence-corrected chi connectivity index (χ1v) is 12.0. The number of fused-ring (bicyclic) bond motifs is 1. The van der Waals surface area contributed by atoms with Crippen LogP contribution in [0.15, 0.2) is 28.6 Å². The third-order valence-electron chi connectivity index (χ3n) is 5.78.